The van der Waals surface area contributed by atoms with Crippen molar-refractivity contribution in [2.75, 3.05) is 0 Å². The second-order valence-electron chi connectivity index (χ2n) is 4.30. The van der Waals surface area contributed by atoms with Crippen LogP contribution in [0.15, 0.2) is 30.5 Å². The molecule has 0 atom stereocenters. The normalized spacial score (nSPS) is 10.3. The fourth-order valence-corrected chi connectivity index (χ4v) is 1.76. The lowest BCUT2D eigenvalue weighted by Gasteiger charge is -2.03. The number of nitrogens with zero attached hydrogens (tertiary/aromatic N) is 3. The van der Waals surface area contributed by atoms with Gasteiger partial charge in [-0.05, 0) is 13.0 Å². The van der Waals surface area contributed by atoms with Crippen LogP contribution in [0.4, 0.5) is 5.69 Å². The summed E-state index contributed by atoms with van der Waals surface area (Å²) >= 11 is 0. The zero-order valence-corrected chi connectivity index (χ0v) is 11.1. The molecular formula is C13H13N3O4. The smallest absolute Gasteiger partial charge is 0.338 e. The van der Waals surface area contributed by atoms with Crippen molar-refractivity contribution in [3.8, 4) is 0 Å². The number of aromatic nitrogens is 2. The molecule has 0 aliphatic heterocycles. The van der Waals surface area contributed by atoms with Gasteiger partial charge in [0.05, 0.1) is 16.2 Å². The molecule has 1 aromatic heterocycles. The molecule has 0 amide bonds. The minimum absolute atomic E-state index is 0.0845. The Labute approximate surface area is 114 Å². The number of ether oxygens (including phenoxy) is 1. The Bertz CT molecular complexity index is 663. The Morgan fingerprint density at radius 1 is 1.50 bits per heavy atom. The second-order valence-corrected chi connectivity index (χ2v) is 4.30. The number of nitro benzene ring substituents is 1. The topological polar surface area (TPSA) is 87.3 Å². The van der Waals surface area contributed by atoms with E-state index in [4.69, 9.17) is 4.74 Å². The zero-order valence-electron chi connectivity index (χ0n) is 11.1. The summed E-state index contributed by atoms with van der Waals surface area (Å²) in [5.41, 5.74) is 1.59. The molecule has 0 radical (unpaired) electrons. The number of carbonyl (C=O) groups is 1. The number of rotatable bonds is 4. The van der Waals surface area contributed by atoms with Crippen molar-refractivity contribution in [1.29, 1.82) is 0 Å². The Morgan fingerprint density at radius 2 is 2.25 bits per heavy atom. The molecule has 0 fully saturated rings. The minimum atomic E-state index is -0.600. The van der Waals surface area contributed by atoms with Crippen LogP contribution in [0.3, 0.4) is 0 Å². The molecule has 7 nitrogen and oxygen atoms in total. The number of non-ortho nitro benzene ring substituents is 1. The minimum Gasteiger partial charge on any atom is -0.457 e. The number of benzene rings is 1. The Morgan fingerprint density at radius 3 is 2.85 bits per heavy atom. The average Bonchev–Trinajstić information content (AvgIpc) is 2.74. The first-order valence-corrected chi connectivity index (χ1v) is 5.88. The van der Waals surface area contributed by atoms with Crippen LogP contribution in [-0.4, -0.2) is 20.7 Å². The highest BCUT2D eigenvalue weighted by molar-refractivity contribution is 5.90. The van der Waals surface area contributed by atoms with Crippen molar-refractivity contribution in [2.45, 2.75) is 13.5 Å². The van der Waals surface area contributed by atoms with Crippen LogP contribution in [0.25, 0.3) is 0 Å². The van der Waals surface area contributed by atoms with E-state index in [-0.39, 0.29) is 17.9 Å². The quantitative estimate of drug-likeness (QED) is 0.483. The van der Waals surface area contributed by atoms with E-state index in [0.29, 0.717) is 0 Å². The Balaban J connectivity index is 2.07. The third-order valence-electron chi connectivity index (χ3n) is 2.77. The van der Waals surface area contributed by atoms with E-state index in [1.54, 1.807) is 17.9 Å². The molecule has 0 N–H and O–H groups in total. The molecule has 1 aromatic carbocycles. The number of hydrogen-bond acceptors (Lipinski definition) is 5. The van der Waals surface area contributed by atoms with Crippen LogP contribution in [0.5, 0.6) is 0 Å². The summed E-state index contributed by atoms with van der Waals surface area (Å²) in [5, 5.41) is 14.8. The van der Waals surface area contributed by atoms with Crippen molar-refractivity contribution < 1.29 is 14.5 Å². The summed E-state index contributed by atoms with van der Waals surface area (Å²) in [6, 6.07) is 5.44. The number of hydrogen-bond donors (Lipinski definition) is 0. The summed E-state index contributed by atoms with van der Waals surface area (Å²) < 4.78 is 6.76. The fourth-order valence-electron chi connectivity index (χ4n) is 1.76. The molecule has 0 spiro atoms. The predicted molar refractivity (Wildman–Crippen MR) is 70.2 cm³/mol. The summed E-state index contributed by atoms with van der Waals surface area (Å²) in [4.78, 5) is 21.9. The van der Waals surface area contributed by atoms with Gasteiger partial charge in [0, 0.05) is 30.9 Å². The van der Waals surface area contributed by atoms with Crippen molar-refractivity contribution in [3.63, 3.8) is 0 Å². The molecule has 2 aromatic rings. The largest absolute Gasteiger partial charge is 0.457 e. The lowest BCUT2D eigenvalue weighted by molar-refractivity contribution is -0.384. The molecule has 0 aliphatic carbocycles. The van der Waals surface area contributed by atoms with Gasteiger partial charge in [-0.3, -0.25) is 14.8 Å². The molecule has 104 valence electrons. The maximum atomic E-state index is 11.8. The number of esters is 1. The highest BCUT2D eigenvalue weighted by Gasteiger charge is 2.13. The van der Waals surface area contributed by atoms with E-state index >= 15 is 0 Å². The van der Waals surface area contributed by atoms with Crippen molar-refractivity contribution in [1.82, 2.24) is 9.78 Å². The van der Waals surface area contributed by atoms with E-state index in [0.717, 1.165) is 11.3 Å². The maximum Gasteiger partial charge on any atom is 0.338 e. The average molecular weight is 275 g/mol. The van der Waals surface area contributed by atoms with Gasteiger partial charge in [0.1, 0.15) is 6.61 Å². The van der Waals surface area contributed by atoms with Gasteiger partial charge >= 0.3 is 5.97 Å². The molecule has 0 saturated carbocycles. The van der Waals surface area contributed by atoms with Gasteiger partial charge in [0.2, 0.25) is 0 Å². The summed E-state index contributed by atoms with van der Waals surface area (Å²) in [6.07, 6.45) is 1.76. The van der Waals surface area contributed by atoms with Crippen LogP contribution in [-0.2, 0) is 18.4 Å². The highest BCUT2D eigenvalue weighted by Crippen LogP contribution is 2.15. The maximum absolute atomic E-state index is 11.8. The molecule has 0 bridgehead atoms. The van der Waals surface area contributed by atoms with Crippen LogP contribution in [0, 0.1) is 17.0 Å². The van der Waals surface area contributed by atoms with E-state index in [2.05, 4.69) is 5.10 Å². The van der Waals surface area contributed by atoms with Crippen molar-refractivity contribution in [3.05, 3.63) is 57.4 Å². The van der Waals surface area contributed by atoms with Gasteiger partial charge < -0.3 is 4.74 Å². The number of carbonyl (C=O) groups excluding carboxylic acids is 1. The predicted octanol–water partition coefficient (Wildman–Crippen LogP) is 1.99. The van der Waals surface area contributed by atoms with Gasteiger partial charge in [-0.2, -0.15) is 5.10 Å². The fraction of sp³-hybridized carbons (Fsp3) is 0.231. The standard InChI is InChI=1S/C13H13N3O4/c1-9-11(7-15(2)14-9)8-20-13(17)10-4-3-5-12(6-10)16(18)19/h3-7H,8H2,1-2H3. The van der Waals surface area contributed by atoms with Gasteiger partial charge in [0.25, 0.3) is 5.69 Å². The Kier molecular flexibility index (Phi) is 3.79. The first-order valence-electron chi connectivity index (χ1n) is 5.88. The molecule has 20 heavy (non-hydrogen) atoms. The van der Waals surface area contributed by atoms with Gasteiger partial charge in [-0.1, -0.05) is 6.07 Å². The summed E-state index contributed by atoms with van der Waals surface area (Å²) in [7, 11) is 1.78. The molecular weight excluding hydrogens is 262 g/mol. The van der Waals surface area contributed by atoms with Crippen LogP contribution in [0.1, 0.15) is 21.6 Å². The Hall–Kier alpha value is -2.70. The lowest BCUT2D eigenvalue weighted by atomic mass is 10.2. The molecule has 0 unspecified atom stereocenters. The third-order valence-corrected chi connectivity index (χ3v) is 2.77. The summed E-state index contributed by atoms with van der Waals surface area (Å²) in [6.45, 7) is 1.90. The van der Waals surface area contributed by atoms with E-state index < -0.39 is 10.9 Å². The van der Waals surface area contributed by atoms with Crippen LogP contribution >= 0.6 is 0 Å². The van der Waals surface area contributed by atoms with Gasteiger partial charge in [-0.15, -0.1) is 0 Å². The van der Waals surface area contributed by atoms with Crippen molar-refractivity contribution >= 4 is 11.7 Å². The molecule has 2 rings (SSSR count). The number of aryl methyl sites for hydroxylation is 2. The lowest BCUT2D eigenvalue weighted by Crippen LogP contribution is -2.06. The van der Waals surface area contributed by atoms with E-state index in [9.17, 15) is 14.9 Å². The van der Waals surface area contributed by atoms with E-state index in [1.807, 2.05) is 6.92 Å². The summed E-state index contributed by atoms with van der Waals surface area (Å²) in [5.74, 6) is -0.600. The molecule has 7 heteroatoms. The SMILES string of the molecule is Cc1nn(C)cc1COC(=O)c1cccc([N+](=O)[O-])c1. The highest BCUT2D eigenvalue weighted by atomic mass is 16.6. The first-order chi connectivity index (χ1) is 9.47. The molecule has 0 saturated heterocycles. The zero-order chi connectivity index (χ0) is 14.7. The molecule has 1 heterocycles. The van der Waals surface area contributed by atoms with E-state index in [1.165, 1.54) is 24.3 Å². The second kappa shape index (κ2) is 5.52. The van der Waals surface area contributed by atoms with Crippen LogP contribution < -0.4 is 0 Å². The van der Waals surface area contributed by atoms with Gasteiger partial charge in [0.15, 0.2) is 0 Å². The van der Waals surface area contributed by atoms with Crippen molar-refractivity contribution in [2.24, 2.45) is 7.05 Å². The number of nitro groups is 1. The van der Waals surface area contributed by atoms with Crippen LogP contribution in [0.2, 0.25) is 0 Å². The van der Waals surface area contributed by atoms with Gasteiger partial charge in [-0.25, -0.2) is 4.79 Å². The monoisotopic (exact) mass is 275 g/mol. The third kappa shape index (κ3) is 3.00. The molecule has 0 aliphatic rings. The first kappa shape index (κ1) is 13.7.